The molecule has 0 bridgehead atoms. The number of hydrogen-bond acceptors (Lipinski definition) is 4. The van der Waals surface area contributed by atoms with Crippen LogP contribution >= 0.6 is 11.6 Å². The van der Waals surface area contributed by atoms with E-state index in [0.717, 1.165) is 12.8 Å². The summed E-state index contributed by atoms with van der Waals surface area (Å²) in [6.45, 7) is 6.12. The minimum atomic E-state index is -3.51. The van der Waals surface area contributed by atoms with Gasteiger partial charge in [0.25, 0.3) is 0 Å². The molecule has 1 aliphatic heterocycles. The van der Waals surface area contributed by atoms with E-state index in [9.17, 15) is 8.42 Å². The average Bonchev–Trinajstić information content (AvgIpc) is 2.63. The van der Waals surface area contributed by atoms with Crippen LogP contribution in [0.2, 0.25) is 0 Å². The molecule has 0 N–H and O–H groups in total. The van der Waals surface area contributed by atoms with Crippen molar-refractivity contribution in [2.24, 2.45) is 0 Å². The number of ether oxygens (including phenoxy) is 1. The summed E-state index contributed by atoms with van der Waals surface area (Å²) < 4.78 is 34.3. The van der Waals surface area contributed by atoms with Gasteiger partial charge >= 0.3 is 0 Å². The number of halogens is 1. The molecule has 1 aromatic heterocycles. The third-order valence-electron chi connectivity index (χ3n) is 3.60. The quantitative estimate of drug-likeness (QED) is 0.766. The lowest BCUT2D eigenvalue weighted by Crippen LogP contribution is -2.33. The predicted octanol–water partition coefficient (Wildman–Crippen LogP) is 1.54. The van der Waals surface area contributed by atoms with E-state index in [-0.39, 0.29) is 0 Å². The third kappa shape index (κ3) is 3.59. The maximum absolute atomic E-state index is 12.9. The minimum Gasteiger partial charge on any atom is -0.380 e. The molecule has 2 rings (SSSR count). The number of aryl methyl sites for hydroxylation is 2. The van der Waals surface area contributed by atoms with Crippen LogP contribution in [0.5, 0.6) is 0 Å². The maximum Gasteiger partial charge on any atom is 0.246 e. The summed E-state index contributed by atoms with van der Waals surface area (Å²) in [4.78, 5) is 0.332. The molecule has 0 amide bonds. The maximum atomic E-state index is 12.9. The second kappa shape index (κ2) is 7.09. The SMILES string of the molecule is Cc1nn(CCCCl)c(C)c1S(=O)(=O)N1CCCOCC1. The Balaban J connectivity index is 2.32. The summed E-state index contributed by atoms with van der Waals surface area (Å²) in [7, 11) is -3.51. The summed E-state index contributed by atoms with van der Waals surface area (Å²) >= 11 is 5.70. The molecular weight excluding hydrogens is 314 g/mol. The Morgan fingerprint density at radius 1 is 1.29 bits per heavy atom. The van der Waals surface area contributed by atoms with Crippen molar-refractivity contribution in [3.8, 4) is 0 Å². The standard InChI is InChI=1S/C13H22ClN3O3S/c1-11-13(12(2)17(15-11)7-3-5-14)21(18,19)16-6-4-9-20-10-8-16/h3-10H2,1-2H3. The zero-order valence-electron chi connectivity index (χ0n) is 12.5. The second-order valence-corrected chi connectivity index (χ2v) is 7.39. The molecule has 0 aliphatic carbocycles. The van der Waals surface area contributed by atoms with Gasteiger partial charge in [0.15, 0.2) is 0 Å². The van der Waals surface area contributed by atoms with Crippen LogP contribution < -0.4 is 0 Å². The van der Waals surface area contributed by atoms with Crippen LogP contribution in [0.3, 0.4) is 0 Å². The molecule has 1 aliphatic rings. The van der Waals surface area contributed by atoms with Crippen LogP contribution in [0.15, 0.2) is 4.90 Å². The van der Waals surface area contributed by atoms with E-state index in [2.05, 4.69) is 5.10 Å². The van der Waals surface area contributed by atoms with Crippen molar-refractivity contribution in [1.82, 2.24) is 14.1 Å². The molecule has 8 heteroatoms. The van der Waals surface area contributed by atoms with Gasteiger partial charge in [-0.25, -0.2) is 8.42 Å². The van der Waals surface area contributed by atoms with Gasteiger partial charge in [-0.1, -0.05) is 0 Å². The lowest BCUT2D eigenvalue weighted by atomic mass is 10.4. The number of alkyl halides is 1. The highest BCUT2D eigenvalue weighted by Crippen LogP contribution is 2.24. The molecule has 2 heterocycles. The van der Waals surface area contributed by atoms with Crippen LogP contribution in [-0.2, 0) is 21.3 Å². The molecule has 0 radical (unpaired) electrons. The van der Waals surface area contributed by atoms with Gasteiger partial charge in [-0.2, -0.15) is 9.40 Å². The fourth-order valence-electron chi connectivity index (χ4n) is 2.57. The normalized spacial score (nSPS) is 17.9. The van der Waals surface area contributed by atoms with E-state index in [0.29, 0.717) is 55.0 Å². The monoisotopic (exact) mass is 335 g/mol. The molecule has 0 atom stereocenters. The summed E-state index contributed by atoms with van der Waals surface area (Å²) in [5, 5.41) is 4.35. The highest BCUT2D eigenvalue weighted by atomic mass is 35.5. The molecule has 21 heavy (non-hydrogen) atoms. The van der Waals surface area contributed by atoms with Crippen molar-refractivity contribution >= 4 is 21.6 Å². The van der Waals surface area contributed by atoms with E-state index in [4.69, 9.17) is 16.3 Å². The Bertz CT molecular complexity index is 578. The summed E-state index contributed by atoms with van der Waals surface area (Å²) in [6.07, 6.45) is 1.48. The van der Waals surface area contributed by atoms with Gasteiger partial charge in [0.1, 0.15) is 4.90 Å². The molecule has 6 nitrogen and oxygen atoms in total. The molecule has 1 fully saturated rings. The first-order valence-electron chi connectivity index (χ1n) is 7.16. The van der Waals surface area contributed by atoms with Gasteiger partial charge in [0.2, 0.25) is 10.0 Å². The van der Waals surface area contributed by atoms with E-state index >= 15 is 0 Å². The highest BCUT2D eigenvalue weighted by Gasteiger charge is 2.31. The van der Waals surface area contributed by atoms with Crippen LogP contribution in [0.4, 0.5) is 0 Å². The van der Waals surface area contributed by atoms with E-state index in [1.54, 1.807) is 18.5 Å². The van der Waals surface area contributed by atoms with E-state index in [1.807, 2.05) is 0 Å². The minimum absolute atomic E-state index is 0.332. The van der Waals surface area contributed by atoms with Crippen LogP contribution in [0, 0.1) is 13.8 Å². The molecule has 0 spiro atoms. The van der Waals surface area contributed by atoms with Crippen molar-refractivity contribution < 1.29 is 13.2 Å². The van der Waals surface area contributed by atoms with Crippen LogP contribution in [0.25, 0.3) is 0 Å². The van der Waals surface area contributed by atoms with Gasteiger partial charge in [-0.3, -0.25) is 4.68 Å². The summed E-state index contributed by atoms with van der Waals surface area (Å²) in [5.41, 5.74) is 1.23. The van der Waals surface area contributed by atoms with E-state index < -0.39 is 10.0 Å². The lowest BCUT2D eigenvalue weighted by molar-refractivity contribution is 0.148. The molecule has 1 aromatic rings. The third-order valence-corrected chi connectivity index (χ3v) is 6.02. The molecule has 1 saturated heterocycles. The Kier molecular flexibility index (Phi) is 5.65. The Hall–Kier alpha value is -0.630. The zero-order chi connectivity index (χ0) is 15.5. The average molecular weight is 336 g/mol. The van der Waals surface area contributed by atoms with Crippen molar-refractivity contribution in [2.75, 3.05) is 32.2 Å². The first-order chi connectivity index (χ1) is 9.98. The van der Waals surface area contributed by atoms with Gasteiger partial charge < -0.3 is 4.74 Å². The van der Waals surface area contributed by atoms with Crippen LogP contribution in [-0.4, -0.2) is 54.7 Å². The van der Waals surface area contributed by atoms with Crippen LogP contribution in [0.1, 0.15) is 24.2 Å². The van der Waals surface area contributed by atoms with E-state index in [1.165, 1.54) is 4.31 Å². The predicted molar refractivity (Wildman–Crippen MR) is 81.2 cm³/mol. The van der Waals surface area contributed by atoms with Gasteiger partial charge in [0.05, 0.1) is 18.0 Å². The number of rotatable bonds is 5. The highest BCUT2D eigenvalue weighted by molar-refractivity contribution is 7.89. The van der Waals surface area contributed by atoms with Crippen molar-refractivity contribution in [1.29, 1.82) is 0 Å². The number of sulfonamides is 1. The molecule has 120 valence electrons. The molecule has 0 unspecified atom stereocenters. The van der Waals surface area contributed by atoms with Crippen molar-refractivity contribution in [3.05, 3.63) is 11.4 Å². The molecule has 0 saturated carbocycles. The topological polar surface area (TPSA) is 64.4 Å². The van der Waals surface area contributed by atoms with Gasteiger partial charge in [-0.05, 0) is 26.7 Å². The smallest absolute Gasteiger partial charge is 0.246 e. The van der Waals surface area contributed by atoms with Crippen molar-refractivity contribution in [3.63, 3.8) is 0 Å². The lowest BCUT2D eigenvalue weighted by Gasteiger charge is -2.19. The first-order valence-corrected chi connectivity index (χ1v) is 9.14. The molecular formula is C13H22ClN3O3S. The first kappa shape index (κ1) is 16.7. The Labute approximate surface area is 131 Å². The largest absolute Gasteiger partial charge is 0.380 e. The fourth-order valence-corrected chi connectivity index (χ4v) is 4.53. The van der Waals surface area contributed by atoms with Crippen molar-refractivity contribution in [2.45, 2.75) is 38.1 Å². The second-order valence-electron chi connectivity index (χ2n) is 5.14. The number of hydrogen-bond donors (Lipinski definition) is 0. The summed E-state index contributed by atoms with van der Waals surface area (Å²) in [6, 6.07) is 0. The molecule has 0 aromatic carbocycles. The number of aromatic nitrogens is 2. The Morgan fingerprint density at radius 2 is 2.05 bits per heavy atom. The Morgan fingerprint density at radius 3 is 2.76 bits per heavy atom. The van der Waals surface area contributed by atoms with Gasteiger partial charge in [-0.15, -0.1) is 11.6 Å². The number of nitrogens with zero attached hydrogens (tertiary/aromatic N) is 3. The summed E-state index contributed by atoms with van der Waals surface area (Å²) in [5.74, 6) is 0.532. The zero-order valence-corrected chi connectivity index (χ0v) is 14.1. The van der Waals surface area contributed by atoms with Gasteiger partial charge in [0, 0.05) is 32.1 Å². The fraction of sp³-hybridized carbons (Fsp3) is 0.769.